The third-order valence-corrected chi connectivity index (χ3v) is 4.58. The van der Waals surface area contributed by atoms with E-state index in [0.717, 1.165) is 0 Å². The van der Waals surface area contributed by atoms with Crippen LogP contribution < -0.4 is 10.6 Å². The minimum atomic E-state index is -0.130. The third kappa shape index (κ3) is 4.18. The molecule has 0 saturated carbocycles. The zero-order valence-electron chi connectivity index (χ0n) is 13.0. The molecule has 0 atom stereocenters. The predicted octanol–water partition coefficient (Wildman–Crippen LogP) is 3.41. The molecule has 22 heavy (non-hydrogen) atoms. The minimum Gasteiger partial charge on any atom is -0.351 e. The highest BCUT2D eigenvalue weighted by Crippen LogP contribution is 2.26. The van der Waals surface area contributed by atoms with Crippen LogP contribution in [-0.4, -0.2) is 18.4 Å². The number of rotatable bonds is 5. The van der Waals surface area contributed by atoms with Crippen LogP contribution in [0.5, 0.6) is 0 Å². The lowest BCUT2D eigenvalue weighted by Gasteiger charge is -2.23. The van der Waals surface area contributed by atoms with Crippen LogP contribution >= 0.6 is 11.3 Å². The largest absolute Gasteiger partial charge is 0.351 e. The average Bonchev–Trinajstić information content (AvgIpc) is 3.00. The maximum absolute atomic E-state index is 12.2. The molecule has 4 nitrogen and oxygen atoms in total. The first-order valence-corrected chi connectivity index (χ1v) is 7.96. The van der Waals surface area contributed by atoms with Gasteiger partial charge in [-0.3, -0.25) is 9.59 Å². The van der Waals surface area contributed by atoms with Crippen molar-refractivity contribution in [2.45, 2.75) is 26.2 Å². The molecule has 5 heteroatoms. The normalized spacial score (nSPS) is 11.0. The summed E-state index contributed by atoms with van der Waals surface area (Å²) in [6.07, 6.45) is 0. The number of carbonyl (C=O) groups excluding carboxylic acids is 2. The standard InChI is InChI=1S/C17H20N2O2S/c1-12(20)19-14-8-6-13(7-9-14)16(21)18-11-17(2,3)15-5-4-10-22-15/h4-10H,11H2,1-3H3,(H,18,21)(H,19,20). The Morgan fingerprint density at radius 3 is 2.36 bits per heavy atom. The molecule has 0 saturated heterocycles. The summed E-state index contributed by atoms with van der Waals surface area (Å²) < 4.78 is 0. The van der Waals surface area contributed by atoms with Crippen molar-refractivity contribution in [3.05, 3.63) is 52.2 Å². The number of nitrogens with one attached hydrogen (secondary N) is 2. The molecule has 1 aromatic carbocycles. The Balaban J connectivity index is 1.96. The van der Waals surface area contributed by atoms with Crippen molar-refractivity contribution in [2.24, 2.45) is 0 Å². The average molecular weight is 316 g/mol. The molecule has 2 rings (SSSR count). The van der Waals surface area contributed by atoms with Gasteiger partial charge < -0.3 is 10.6 Å². The van der Waals surface area contributed by atoms with Crippen LogP contribution in [0.2, 0.25) is 0 Å². The van der Waals surface area contributed by atoms with Gasteiger partial charge in [-0.1, -0.05) is 19.9 Å². The smallest absolute Gasteiger partial charge is 0.251 e. The van der Waals surface area contributed by atoms with Gasteiger partial charge >= 0.3 is 0 Å². The van der Waals surface area contributed by atoms with E-state index in [-0.39, 0.29) is 17.2 Å². The summed E-state index contributed by atoms with van der Waals surface area (Å²) >= 11 is 1.69. The fourth-order valence-electron chi connectivity index (χ4n) is 2.06. The molecule has 0 aliphatic carbocycles. The van der Waals surface area contributed by atoms with Crippen LogP contribution in [0.3, 0.4) is 0 Å². The molecule has 1 aromatic heterocycles. The second-order valence-electron chi connectivity index (χ2n) is 5.80. The van der Waals surface area contributed by atoms with E-state index in [1.54, 1.807) is 35.6 Å². The molecule has 2 aromatic rings. The van der Waals surface area contributed by atoms with E-state index in [2.05, 4.69) is 30.5 Å². The Bertz CT molecular complexity index is 646. The highest BCUT2D eigenvalue weighted by atomic mass is 32.1. The zero-order valence-corrected chi connectivity index (χ0v) is 13.8. The molecule has 0 aliphatic rings. The summed E-state index contributed by atoms with van der Waals surface area (Å²) in [5.41, 5.74) is 1.17. The van der Waals surface area contributed by atoms with Crippen molar-refractivity contribution in [1.82, 2.24) is 5.32 Å². The number of amides is 2. The van der Waals surface area contributed by atoms with Crippen LogP contribution in [-0.2, 0) is 10.2 Å². The van der Waals surface area contributed by atoms with Crippen molar-refractivity contribution < 1.29 is 9.59 Å². The van der Waals surface area contributed by atoms with Crippen LogP contribution in [0.25, 0.3) is 0 Å². The molecule has 0 aliphatic heterocycles. The predicted molar refractivity (Wildman–Crippen MR) is 90.4 cm³/mol. The number of thiophene rings is 1. The van der Waals surface area contributed by atoms with E-state index < -0.39 is 0 Å². The molecule has 0 unspecified atom stereocenters. The summed E-state index contributed by atoms with van der Waals surface area (Å²) in [5.74, 6) is -0.242. The zero-order chi connectivity index (χ0) is 16.2. The van der Waals surface area contributed by atoms with Crippen molar-refractivity contribution in [1.29, 1.82) is 0 Å². The van der Waals surface area contributed by atoms with Gasteiger partial charge in [0, 0.05) is 35.0 Å². The maximum Gasteiger partial charge on any atom is 0.251 e. The molecule has 0 fully saturated rings. The van der Waals surface area contributed by atoms with Crippen LogP contribution in [0.15, 0.2) is 41.8 Å². The van der Waals surface area contributed by atoms with Gasteiger partial charge in [-0.05, 0) is 35.7 Å². The lowest BCUT2D eigenvalue weighted by Crippen LogP contribution is -2.36. The van der Waals surface area contributed by atoms with Gasteiger partial charge in [0.05, 0.1) is 0 Å². The van der Waals surface area contributed by atoms with Crippen molar-refractivity contribution in [3.8, 4) is 0 Å². The Kier molecular flexibility index (Phi) is 4.98. The number of anilines is 1. The molecule has 0 radical (unpaired) electrons. The second-order valence-corrected chi connectivity index (χ2v) is 6.75. The first-order chi connectivity index (χ1) is 10.4. The molecule has 116 valence electrons. The second kappa shape index (κ2) is 6.75. The number of benzene rings is 1. The maximum atomic E-state index is 12.2. The van der Waals surface area contributed by atoms with E-state index in [1.807, 2.05) is 11.4 Å². The Morgan fingerprint density at radius 1 is 1.14 bits per heavy atom. The fourth-order valence-corrected chi connectivity index (χ4v) is 2.91. The van der Waals surface area contributed by atoms with Gasteiger partial charge in [0.25, 0.3) is 5.91 Å². The summed E-state index contributed by atoms with van der Waals surface area (Å²) in [6.45, 7) is 6.24. The molecule has 2 amide bonds. The minimum absolute atomic E-state index is 0.0973. The van der Waals surface area contributed by atoms with Crippen LogP contribution in [0, 0.1) is 0 Å². The first-order valence-electron chi connectivity index (χ1n) is 7.08. The van der Waals surface area contributed by atoms with Crippen LogP contribution in [0.1, 0.15) is 36.0 Å². The molecule has 0 spiro atoms. The lowest BCUT2D eigenvalue weighted by molar-refractivity contribution is -0.114. The highest BCUT2D eigenvalue weighted by Gasteiger charge is 2.22. The van der Waals surface area contributed by atoms with Crippen LogP contribution in [0.4, 0.5) is 5.69 Å². The fraction of sp³-hybridized carbons (Fsp3) is 0.294. The Morgan fingerprint density at radius 2 is 1.82 bits per heavy atom. The summed E-state index contributed by atoms with van der Waals surface area (Å²) in [6, 6.07) is 11.0. The topological polar surface area (TPSA) is 58.2 Å². The van der Waals surface area contributed by atoms with Gasteiger partial charge in [0.2, 0.25) is 5.91 Å². The van der Waals surface area contributed by atoms with E-state index in [9.17, 15) is 9.59 Å². The quantitative estimate of drug-likeness (QED) is 0.888. The van der Waals surface area contributed by atoms with E-state index in [0.29, 0.717) is 17.8 Å². The van der Waals surface area contributed by atoms with Gasteiger partial charge in [-0.25, -0.2) is 0 Å². The number of hydrogen-bond donors (Lipinski definition) is 2. The lowest BCUT2D eigenvalue weighted by atomic mass is 9.91. The first kappa shape index (κ1) is 16.2. The third-order valence-electron chi connectivity index (χ3n) is 3.35. The van der Waals surface area contributed by atoms with E-state index in [4.69, 9.17) is 0 Å². The van der Waals surface area contributed by atoms with Gasteiger partial charge in [-0.2, -0.15) is 0 Å². The van der Waals surface area contributed by atoms with Crippen molar-refractivity contribution in [3.63, 3.8) is 0 Å². The number of carbonyl (C=O) groups is 2. The summed E-state index contributed by atoms with van der Waals surface area (Å²) in [4.78, 5) is 24.4. The molecule has 0 bridgehead atoms. The van der Waals surface area contributed by atoms with E-state index >= 15 is 0 Å². The molecular formula is C17H20N2O2S. The molecular weight excluding hydrogens is 296 g/mol. The molecule has 2 N–H and O–H groups in total. The van der Waals surface area contributed by atoms with Gasteiger partial charge in [0.1, 0.15) is 0 Å². The summed E-state index contributed by atoms with van der Waals surface area (Å²) in [7, 11) is 0. The molecule has 1 heterocycles. The van der Waals surface area contributed by atoms with Gasteiger partial charge in [-0.15, -0.1) is 11.3 Å². The van der Waals surface area contributed by atoms with Crippen molar-refractivity contribution in [2.75, 3.05) is 11.9 Å². The Labute approximate surface area is 134 Å². The monoisotopic (exact) mass is 316 g/mol. The summed E-state index contributed by atoms with van der Waals surface area (Å²) in [5, 5.41) is 7.69. The van der Waals surface area contributed by atoms with E-state index in [1.165, 1.54) is 11.8 Å². The Hall–Kier alpha value is -2.14. The highest BCUT2D eigenvalue weighted by molar-refractivity contribution is 7.10. The number of hydrogen-bond acceptors (Lipinski definition) is 3. The van der Waals surface area contributed by atoms with Crippen molar-refractivity contribution >= 4 is 28.8 Å². The SMILES string of the molecule is CC(=O)Nc1ccc(C(=O)NCC(C)(C)c2cccs2)cc1. The van der Waals surface area contributed by atoms with Gasteiger partial charge in [0.15, 0.2) is 0 Å².